The molecule has 14 heteroatoms. The molecular weight excluding hydrogens is 780 g/mol. The van der Waals surface area contributed by atoms with Crippen molar-refractivity contribution in [2.24, 2.45) is 0 Å². The van der Waals surface area contributed by atoms with Crippen molar-refractivity contribution >= 4 is 45.7 Å². The van der Waals surface area contributed by atoms with E-state index in [1.165, 1.54) is 41.7 Å². The third-order valence-corrected chi connectivity index (χ3v) is 12.3. The molecule has 0 spiro atoms. The Bertz CT molecular complexity index is 2460. The lowest BCUT2D eigenvalue weighted by molar-refractivity contribution is -0.137. The normalized spacial score (nSPS) is 13.9. The van der Waals surface area contributed by atoms with Crippen LogP contribution < -0.4 is 5.43 Å². The monoisotopic (exact) mass is 816 g/mol. The lowest BCUT2D eigenvalue weighted by Gasteiger charge is -2.39. The number of benzene rings is 4. The fourth-order valence-corrected chi connectivity index (χ4v) is 8.90. The second-order valence-corrected chi connectivity index (χ2v) is 15.8. The van der Waals surface area contributed by atoms with Crippen LogP contribution in [0.25, 0.3) is 22.0 Å². The SMILES string of the molecule is Cc1ncsc1C(=O)CN1CCC(N(Cc2ccc(-c3ccc(C(F)(F)F)cc3)cc2)C(=O)Cn2c(SCc3cccc(F)c3F)cc(=O)c3ccccc32)CC1. The predicted molar refractivity (Wildman–Crippen MR) is 212 cm³/mol. The Labute approximate surface area is 333 Å². The van der Waals surface area contributed by atoms with Gasteiger partial charge in [0.1, 0.15) is 6.54 Å². The number of alkyl halides is 3. The van der Waals surface area contributed by atoms with Crippen LogP contribution in [0.1, 0.15) is 44.9 Å². The van der Waals surface area contributed by atoms with Gasteiger partial charge in [0.15, 0.2) is 22.8 Å². The Kier molecular flexibility index (Phi) is 12.0. The van der Waals surface area contributed by atoms with E-state index in [0.717, 1.165) is 41.1 Å². The molecule has 1 amide bonds. The van der Waals surface area contributed by atoms with E-state index in [1.54, 1.807) is 34.3 Å². The van der Waals surface area contributed by atoms with Gasteiger partial charge in [0.2, 0.25) is 5.91 Å². The number of thioether (sulfide) groups is 1. The molecule has 0 aliphatic carbocycles. The van der Waals surface area contributed by atoms with Gasteiger partial charge in [-0.15, -0.1) is 23.1 Å². The first-order chi connectivity index (χ1) is 27.4. The number of carbonyl (C=O) groups excluding carboxylic acids is 2. The summed E-state index contributed by atoms with van der Waals surface area (Å²) in [4.78, 5) is 49.7. The van der Waals surface area contributed by atoms with Crippen molar-refractivity contribution < 1.29 is 31.5 Å². The molecule has 0 saturated carbocycles. The van der Waals surface area contributed by atoms with Crippen molar-refractivity contribution in [1.29, 1.82) is 0 Å². The number of nitrogens with zero attached hydrogens (tertiary/aromatic N) is 4. The summed E-state index contributed by atoms with van der Waals surface area (Å²) < 4.78 is 69.9. The maximum atomic E-state index is 14.7. The smallest absolute Gasteiger partial charge is 0.334 e. The zero-order valence-corrected chi connectivity index (χ0v) is 32.4. The van der Waals surface area contributed by atoms with Crippen molar-refractivity contribution in [1.82, 2.24) is 19.4 Å². The summed E-state index contributed by atoms with van der Waals surface area (Å²) in [6, 6.07) is 24.3. The van der Waals surface area contributed by atoms with E-state index in [2.05, 4.69) is 9.88 Å². The molecule has 1 aliphatic rings. The highest BCUT2D eigenvalue weighted by atomic mass is 32.2. The molecule has 7 rings (SSSR count). The molecule has 0 radical (unpaired) electrons. The summed E-state index contributed by atoms with van der Waals surface area (Å²) >= 11 is 2.45. The summed E-state index contributed by atoms with van der Waals surface area (Å²) in [5.41, 5.74) is 4.14. The van der Waals surface area contributed by atoms with Gasteiger partial charge >= 0.3 is 6.18 Å². The largest absolute Gasteiger partial charge is 0.416 e. The molecule has 1 aliphatic heterocycles. The molecule has 2 aromatic heterocycles. The molecule has 4 aromatic carbocycles. The number of hydrogen-bond donors (Lipinski definition) is 0. The average molecular weight is 817 g/mol. The minimum absolute atomic E-state index is 0.00256. The van der Waals surface area contributed by atoms with Crippen molar-refractivity contribution in [2.75, 3.05) is 19.6 Å². The third-order valence-electron chi connectivity index (χ3n) is 10.2. The number of pyridine rings is 1. The van der Waals surface area contributed by atoms with Crippen LogP contribution >= 0.6 is 23.1 Å². The lowest BCUT2D eigenvalue weighted by atomic mass is 10.00. The third kappa shape index (κ3) is 9.19. The second-order valence-electron chi connectivity index (χ2n) is 13.9. The minimum Gasteiger partial charge on any atom is -0.334 e. The predicted octanol–water partition coefficient (Wildman–Crippen LogP) is 9.40. The van der Waals surface area contributed by atoms with Crippen LogP contribution in [0.2, 0.25) is 0 Å². The van der Waals surface area contributed by atoms with Crippen LogP contribution in [-0.2, 0) is 29.8 Å². The number of likely N-dealkylation sites (tertiary alicyclic amines) is 1. The number of fused-ring (bicyclic) bond motifs is 1. The molecule has 7 nitrogen and oxygen atoms in total. The average Bonchev–Trinajstić information content (AvgIpc) is 3.65. The van der Waals surface area contributed by atoms with Crippen LogP contribution in [0, 0.1) is 18.6 Å². The zero-order valence-electron chi connectivity index (χ0n) is 30.8. The van der Waals surface area contributed by atoms with E-state index >= 15 is 0 Å². The van der Waals surface area contributed by atoms with Crippen LogP contribution in [0.3, 0.4) is 0 Å². The summed E-state index contributed by atoms with van der Waals surface area (Å²) in [6.45, 7) is 3.28. The van der Waals surface area contributed by atoms with Gasteiger partial charge in [0.25, 0.3) is 0 Å². The Morgan fingerprint density at radius 1 is 0.895 bits per heavy atom. The maximum absolute atomic E-state index is 14.7. The topological polar surface area (TPSA) is 75.5 Å². The summed E-state index contributed by atoms with van der Waals surface area (Å²) in [6.07, 6.45) is -3.25. The quantitative estimate of drug-likeness (QED) is 0.0697. The molecule has 57 heavy (non-hydrogen) atoms. The lowest BCUT2D eigenvalue weighted by Crippen LogP contribution is -2.48. The van der Waals surface area contributed by atoms with Crippen LogP contribution in [0.5, 0.6) is 0 Å². The molecule has 0 bridgehead atoms. The Balaban J connectivity index is 1.16. The standard InChI is InChI=1S/C43H37F5N4O3S2/c1-27-42(57-26-49-27)38(54)23-50-19-17-33(18-20-50)51(22-28-9-11-29(12-10-28)30-13-15-32(16-14-30)43(46,47)48)39(55)24-52-36-8-3-2-6-34(36)37(53)21-40(52)56-25-31-5-4-7-35(44)41(31)45/h2-16,21,26,33H,17-20,22-25H2,1H3. The number of aryl methyl sites for hydroxylation is 1. The van der Waals surface area contributed by atoms with E-state index in [-0.39, 0.29) is 54.1 Å². The van der Waals surface area contributed by atoms with Gasteiger partial charge in [0, 0.05) is 48.4 Å². The first-order valence-corrected chi connectivity index (χ1v) is 20.1. The fourth-order valence-electron chi connectivity index (χ4n) is 7.13. The molecular formula is C43H37F5N4O3S2. The van der Waals surface area contributed by atoms with E-state index < -0.39 is 23.4 Å². The van der Waals surface area contributed by atoms with Gasteiger partial charge in [-0.3, -0.25) is 19.3 Å². The Morgan fingerprint density at radius 3 is 2.25 bits per heavy atom. The van der Waals surface area contributed by atoms with Gasteiger partial charge in [-0.05, 0) is 66.8 Å². The zero-order chi connectivity index (χ0) is 40.3. The molecule has 3 heterocycles. The number of amides is 1. The Morgan fingerprint density at radius 2 is 1.58 bits per heavy atom. The van der Waals surface area contributed by atoms with Crippen LogP contribution in [-0.4, -0.2) is 56.7 Å². The molecule has 1 saturated heterocycles. The second kappa shape index (κ2) is 17.1. The number of hydrogen-bond acceptors (Lipinski definition) is 7. The summed E-state index contributed by atoms with van der Waals surface area (Å²) in [5.74, 6) is -2.16. The first-order valence-electron chi connectivity index (χ1n) is 18.3. The highest BCUT2D eigenvalue weighted by Gasteiger charge is 2.31. The first kappa shape index (κ1) is 40.0. The number of rotatable bonds is 12. The number of ketones is 1. The van der Waals surface area contributed by atoms with Crippen molar-refractivity contribution in [3.8, 4) is 11.1 Å². The number of aromatic nitrogens is 2. The summed E-state index contributed by atoms with van der Waals surface area (Å²) in [5, 5.41) is 0.828. The van der Waals surface area contributed by atoms with E-state index in [4.69, 9.17) is 0 Å². The maximum Gasteiger partial charge on any atom is 0.416 e. The molecule has 6 aromatic rings. The number of carbonyl (C=O) groups is 2. The Hall–Kier alpha value is -5.18. The van der Waals surface area contributed by atoms with Crippen molar-refractivity contribution in [2.45, 2.75) is 55.9 Å². The highest BCUT2D eigenvalue weighted by molar-refractivity contribution is 7.98. The molecule has 0 N–H and O–H groups in total. The molecule has 294 valence electrons. The molecule has 1 fully saturated rings. The van der Waals surface area contributed by atoms with Gasteiger partial charge in [-0.1, -0.05) is 60.7 Å². The van der Waals surface area contributed by atoms with Gasteiger partial charge in [-0.25, -0.2) is 13.8 Å². The fraction of sp³-hybridized carbons (Fsp3) is 0.256. The highest BCUT2D eigenvalue weighted by Crippen LogP contribution is 2.32. The van der Waals surface area contributed by atoms with Gasteiger partial charge in [-0.2, -0.15) is 13.2 Å². The van der Waals surface area contributed by atoms with Crippen LogP contribution in [0.4, 0.5) is 22.0 Å². The number of halogens is 5. The molecule has 0 unspecified atom stereocenters. The van der Waals surface area contributed by atoms with E-state index in [0.29, 0.717) is 58.0 Å². The summed E-state index contributed by atoms with van der Waals surface area (Å²) in [7, 11) is 0. The van der Waals surface area contributed by atoms with Gasteiger partial charge in [0.05, 0.1) is 38.7 Å². The number of thiazole rings is 1. The van der Waals surface area contributed by atoms with Crippen LogP contribution in [0.15, 0.2) is 112 Å². The minimum atomic E-state index is -4.44. The number of para-hydroxylation sites is 1. The van der Waals surface area contributed by atoms with E-state index in [9.17, 15) is 36.3 Å². The van der Waals surface area contributed by atoms with Crippen molar-refractivity contribution in [3.05, 3.63) is 152 Å². The number of Topliss-reactive ketones (excluding diaryl/α,β-unsaturated/α-hetero) is 1. The number of piperidine rings is 1. The van der Waals surface area contributed by atoms with E-state index in [1.807, 2.05) is 36.1 Å². The molecule has 0 atom stereocenters. The van der Waals surface area contributed by atoms with Gasteiger partial charge < -0.3 is 9.47 Å². The van der Waals surface area contributed by atoms with Crippen molar-refractivity contribution in [3.63, 3.8) is 0 Å².